The molecular formula is C24H31N3O3S. The third-order valence-corrected chi connectivity index (χ3v) is 6.01. The first-order valence-electron chi connectivity index (χ1n) is 10.8. The Kier molecular flexibility index (Phi) is 8.76. The van der Waals surface area contributed by atoms with Crippen LogP contribution in [0.5, 0.6) is 5.88 Å². The van der Waals surface area contributed by atoms with Crippen LogP contribution in [0.25, 0.3) is 0 Å². The van der Waals surface area contributed by atoms with Gasteiger partial charge in [0, 0.05) is 24.4 Å². The smallest absolute Gasteiger partial charge is 0.251 e. The Morgan fingerprint density at radius 2 is 2.03 bits per heavy atom. The quantitative estimate of drug-likeness (QED) is 0.585. The summed E-state index contributed by atoms with van der Waals surface area (Å²) in [6.45, 7) is 2.29. The number of thioether (sulfide) groups is 1. The standard InChI is InChI=1S/C24H31N3O3S/c1-17-6-5-7-19(14-17)23(28)27-21(12-13-31-2)24(29)26-16-18-10-11-22(25-15-18)30-20-8-3-4-9-20/h5-7,10-11,14-15,20-21H,3-4,8-9,12-13,16H2,1-2H3,(H,26,29)(H,27,28). The van der Waals surface area contributed by atoms with Crippen LogP contribution in [-0.2, 0) is 11.3 Å². The first-order chi connectivity index (χ1) is 15.0. The Morgan fingerprint density at radius 3 is 2.71 bits per heavy atom. The zero-order valence-electron chi connectivity index (χ0n) is 18.2. The van der Waals surface area contributed by atoms with Crippen LogP contribution >= 0.6 is 11.8 Å². The number of nitrogens with zero attached hydrogens (tertiary/aromatic N) is 1. The molecule has 6 nitrogen and oxygen atoms in total. The van der Waals surface area contributed by atoms with Gasteiger partial charge in [-0.25, -0.2) is 4.98 Å². The number of nitrogens with one attached hydrogen (secondary N) is 2. The van der Waals surface area contributed by atoms with Gasteiger partial charge in [0.05, 0.1) is 0 Å². The van der Waals surface area contributed by atoms with Crippen molar-refractivity contribution in [1.82, 2.24) is 15.6 Å². The van der Waals surface area contributed by atoms with Crippen LogP contribution in [0.4, 0.5) is 0 Å². The summed E-state index contributed by atoms with van der Waals surface area (Å²) >= 11 is 1.65. The third kappa shape index (κ3) is 7.28. The van der Waals surface area contributed by atoms with Gasteiger partial charge in [-0.05, 0) is 68.7 Å². The average Bonchev–Trinajstić information content (AvgIpc) is 3.29. The van der Waals surface area contributed by atoms with Crippen LogP contribution in [0, 0.1) is 6.92 Å². The van der Waals surface area contributed by atoms with E-state index in [0.717, 1.165) is 29.7 Å². The molecular weight excluding hydrogens is 410 g/mol. The van der Waals surface area contributed by atoms with E-state index in [0.29, 0.717) is 24.4 Å². The van der Waals surface area contributed by atoms with Gasteiger partial charge in [0.2, 0.25) is 11.8 Å². The molecule has 2 aromatic rings. The predicted molar refractivity (Wildman–Crippen MR) is 124 cm³/mol. The average molecular weight is 442 g/mol. The number of aryl methyl sites for hydroxylation is 1. The van der Waals surface area contributed by atoms with Crippen LogP contribution in [0.1, 0.15) is 53.6 Å². The predicted octanol–water partition coefficient (Wildman–Crippen LogP) is 3.88. The van der Waals surface area contributed by atoms with Crippen molar-refractivity contribution in [2.45, 2.75) is 57.7 Å². The van der Waals surface area contributed by atoms with Crippen molar-refractivity contribution in [2.24, 2.45) is 0 Å². The molecule has 1 aliphatic carbocycles. The fourth-order valence-electron chi connectivity index (χ4n) is 3.61. The van der Waals surface area contributed by atoms with Gasteiger partial charge in [-0.1, -0.05) is 23.8 Å². The monoisotopic (exact) mass is 441 g/mol. The molecule has 2 amide bonds. The number of amides is 2. The minimum Gasteiger partial charge on any atom is -0.474 e. The van der Waals surface area contributed by atoms with Gasteiger partial charge in [-0.15, -0.1) is 0 Å². The maximum absolute atomic E-state index is 12.8. The first kappa shape index (κ1) is 23.1. The lowest BCUT2D eigenvalue weighted by atomic mass is 10.1. The molecule has 7 heteroatoms. The van der Waals surface area contributed by atoms with Crippen molar-refractivity contribution < 1.29 is 14.3 Å². The summed E-state index contributed by atoms with van der Waals surface area (Å²) in [4.78, 5) is 29.7. The normalized spacial score (nSPS) is 14.8. The topological polar surface area (TPSA) is 80.3 Å². The number of ether oxygens (including phenoxy) is 1. The number of carbonyl (C=O) groups excluding carboxylic acids is 2. The van der Waals surface area contributed by atoms with Crippen molar-refractivity contribution in [1.29, 1.82) is 0 Å². The Labute approximate surface area is 188 Å². The lowest BCUT2D eigenvalue weighted by Crippen LogP contribution is -2.46. The van der Waals surface area contributed by atoms with Crippen molar-refractivity contribution >= 4 is 23.6 Å². The minimum absolute atomic E-state index is 0.193. The molecule has 2 N–H and O–H groups in total. The van der Waals surface area contributed by atoms with E-state index >= 15 is 0 Å². The van der Waals surface area contributed by atoms with Gasteiger partial charge >= 0.3 is 0 Å². The number of benzene rings is 1. The highest BCUT2D eigenvalue weighted by atomic mass is 32.2. The molecule has 1 aromatic carbocycles. The number of pyridine rings is 1. The van der Waals surface area contributed by atoms with E-state index in [9.17, 15) is 9.59 Å². The molecule has 1 unspecified atom stereocenters. The molecule has 1 atom stereocenters. The molecule has 1 heterocycles. The Bertz CT molecular complexity index is 867. The summed E-state index contributed by atoms with van der Waals surface area (Å²) < 4.78 is 5.88. The van der Waals surface area contributed by atoms with Crippen molar-refractivity contribution in [3.8, 4) is 5.88 Å². The molecule has 1 aromatic heterocycles. The molecule has 0 bridgehead atoms. The van der Waals surface area contributed by atoms with E-state index in [1.54, 1.807) is 24.0 Å². The van der Waals surface area contributed by atoms with E-state index in [4.69, 9.17) is 4.74 Å². The van der Waals surface area contributed by atoms with E-state index < -0.39 is 6.04 Å². The highest BCUT2D eigenvalue weighted by Gasteiger charge is 2.21. The second-order valence-corrected chi connectivity index (χ2v) is 8.91. The molecule has 1 aliphatic rings. The van der Waals surface area contributed by atoms with Crippen molar-refractivity contribution in [3.05, 3.63) is 59.3 Å². The van der Waals surface area contributed by atoms with Gasteiger partial charge in [0.15, 0.2) is 0 Å². The summed E-state index contributed by atoms with van der Waals surface area (Å²) in [5.41, 5.74) is 2.45. The minimum atomic E-state index is -0.585. The van der Waals surface area contributed by atoms with E-state index in [-0.39, 0.29) is 17.9 Å². The maximum Gasteiger partial charge on any atom is 0.251 e. The number of rotatable bonds is 10. The zero-order chi connectivity index (χ0) is 22.1. The van der Waals surface area contributed by atoms with E-state index in [1.165, 1.54) is 12.8 Å². The Morgan fingerprint density at radius 1 is 1.23 bits per heavy atom. The van der Waals surface area contributed by atoms with Crippen LogP contribution in [0.2, 0.25) is 0 Å². The van der Waals surface area contributed by atoms with Crippen LogP contribution in [0.3, 0.4) is 0 Å². The number of aromatic nitrogens is 1. The summed E-state index contributed by atoms with van der Waals surface area (Å²) in [5, 5.41) is 5.81. The van der Waals surface area contributed by atoms with Crippen LogP contribution < -0.4 is 15.4 Å². The molecule has 0 aliphatic heterocycles. The first-order valence-corrected chi connectivity index (χ1v) is 12.2. The summed E-state index contributed by atoms with van der Waals surface area (Å²) in [7, 11) is 0. The van der Waals surface area contributed by atoms with E-state index in [1.807, 2.05) is 43.5 Å². The molecule has 0 spiro atoms. The highest BCUT2D eigenvalue weighted by molar-refractivity contribution is 7.98. The van der Waals surface area contributed by atoms with Gasteiger partial charge in [0.25, 0.3) is 5.91 Å². The second kappa shape index (κ2) is 11.7. The molecule has 3 rings (SSSR count). The van der Waals surface area contributed by atoms with Crippen LogP contribution in [0.15, 0.2) is 42.6 Å². The number of carbonyl (C=O) groups is 2. The summed E-state index contributed by atoms with van der Waals surface area (Å²) in [6.07, 6.45) is 9.16. The van der Waals surface area contributed by atoms with Crippen molar-refractivity contribution in [3.63, 3.8) is 0 Å². The molecule has 1 fully saturated rings. The zero-order valence-corrected chi connectivity index (χ0v) is 19.0. The lowest BCUT2D eigenvalue weighted by molar-refractivity contribution is -0.123. The van der Waals surface area contributed by atoms with Gasteiger partial charge in [0.1, 0.15) is 12.1 Å². The SMILES string of the molecule is CSCCC(NC(=O)c1cccc(C)c1)C(=O)NCc1ccc(OC2CCCC2)nc1. The second-order valence-electron chi connectivity index (χ2n) is 7.92. The van der Waals surface area contributed by atoms with Gasteiger partial charge in [-0.3, -0.25) is 9.59 Å². The molecule has 31 heavy (non-hydrogen) atoms. The number of hydrogen-bond donors (Lipinski definition) is 2. The fourth-order valence-corrected chi connectivity index (χ4v) is 4.08. The fraction of sp³-hybridized carbons (Fsp3) is 0.458. The van der Waals surface area contributed by atoms with Gasteiger partial charge < -0.3 is 15.4 Å². The largest absolute Gasteiger partial charge is 0.474 e. The van der Waals surface area contributed by atoms with Crippen molar-refractivity contribution in [2.75, 3.05) is 12.0 Å². The Hall–Kier alpha value is -2.54. The van der Waals surface area contributed by atoms with Gasteiger partial charge in [-0.2, -0.15) is 11.8 Å². The third-order valence-electron chi connectivity index (χ3n) is 5.37. The number of hydrogen-bond acceptors (Lipinski definition) is 5. The highest BCUT2D eigenvalue weighted by Crippen LogP contribution is 2.22. The molecule has 0 saturated heterocycles. The molecule has 0 radical (unpaired) electrons. The lowest BCUT2D eigenvalue weighted by Gasteiger charge is -2.18. The van der Waals surface area contributed by atoms with E-state index in [2.05, 4.69) is 15.6 Å². The maximum atomic E-state index is 12.8. The molecule has 1 saturated carbocycles. The molecule has 166 valence electrons. The Balaban J connectivity index is 1.54. The van der Waals surface area contributed by atoms with Crippen LogP contribution in [-0.4, -0.2) is 41.0 Å². The summed E-state index contributed by atoms with van der Waals surface area (Å²) in [5.74, 6) is 0.979. The summed E-state index contributed by atoms with van der Waals surface area (Å²) in [6, 6.07) is 10.5.